The van der Waals surface area contributed by atoms with Gasteiger partial charge in [-0.3, -0.25) is 4.79 Å². The number of hydrogen-bond acceptors (Lipinski definition) is 5. The summed E-state index contributed by atoms with van der Waals surface area (Å²) in [6.07, 6.45) is 0.240. The lowest BCUT2D eigenvalue weighted by Gasteiger charge is -2.13. The number of halogens is 1. The van der Waals surface area contributed by atoms with Gasteiger partial charge in [0.05, 0.1) is 12.1 Å². The molecule has 0 spiro atoms. The minimum absolute atomic E-state index is 0. The molecule has 3 N–H and O–H groups in total. The van der Waals surface area contributed by atoms with Gasteiger partial charge in [-0.05, 0) is 39.3 Å². The standard InChI is InChI=1S/C21H26N6O.ClH/c1-13-10-14(2)25-21(24-13)27-16(4)18(15(3)26-27)11-20(28)23-12-19(22)17-8-6-5-7-9-17;/h5-10,19H,11-12,22H2,1-4H3,(H,23,28);1H. The number of nitrogens with one attached hydrogen (secondary N) is 1. The first-order valence-corrected chi connectivity index (χ1v) is 9.30. The zero-order valence-electron chi connectivity index (χ0n) is 17.1. The third kappa shape index (κ3) is 5.40. The molecule has 0 saturated heterocycles. The van der Waals surface area contributed by atoms with Crippen LogP contribution in [0, 0.1) is 27.7 Å². The van der Waals surface area contributed by atoms with E-state index in [4.69, 9.17) is 5.73 Å². The molecule has 2 heterocycles. The van der Waals surface area contributed by atoms with Gasteiger partial charge in [0, 0.05) is 35.2 Å². The summed E-state index contributed by atoms with van der Waals surface area (Å²) < 4.78 is 1.70. The Morgan fingerprint density at radius 1 is 1.10 bits per heavy atom. The van der Waals surface area contributed by atoms with Crippen molar-refractivity contribution in [3.8, 4) is 5.95 Å². The predicted molar refractivity (Wildman–Crippen MR) is 115 cm³/mol. The molecule has 1 unspecified atom stereocenters. The van der Waals surface area contributed by atoms with Crippen LogP contribution in [0.5, 0.6) is 0 Å². The number of amides is 1. The Balaban J connectivity index is 0.00000300. The van der Waals surface area contributed by atoms with E-state index >= 15 is 0 Å². The van der Waals surface area contributed by atoms with Gasteiger partial charge in [-0.25, -0.2) is 14.6 Å². The maximum Gasteiger partial charge on any atom is 0.251 e. The smallest absolute Gasteiger partial charge is 0.251 e. The molecule has 0 radical (unpaired) electrons. The molecule has 0 aliphatic heterocycles. The number of carbonyl (C=O) groups excluding carboxylic acids is 1. The van der Waals surface area contributed by atoms with Crippen LogP contribution in [0.4, 0.5) is 0 Å². The molecule has 3 rings (SSSR count). The average Bonchev–Trinajstić information content (AvgIpc) is 2.94. The van der Waals surface area contributed by atoms with Crippen LogP contribution in [0.2, 0.25) is 0 Å². The molecule has 1 atom stereocenters. The van der Waals surface area contributed by atoms with Gasteiger partial charge in [0.1, 0.15) is 0 Å². The molecule has 7 nitrogen and oxygen atoms in total. The molecule has 29 heavy (non-hydrogen) atoms. The number of benzene rings is 1. The quantitative estimate of drug-likeness (QED) is 0.646. The topological polar surface area (TPSA) is 98.7 Å². The number of hydrogen-bond donors (Lipinski definition) is 2. The van der Waals surface area contributed by atoms with Crippen molar-refractivity contribution in [2.24, 2.45) is 5.73 Å². The first-order chi connectivity index (χ1) is 13.3. The third-order valence-corrected chi connectivity index (χ3v) is 4.69. The normalized spacial score (nSPS) is 11.6. The van der Waals surface area contributed by atoms with Gasteiger partial charge in [0.25, 0.3) is 5.95 Å². The molecule has 0 bridgehead atoms. The molecule has 0 saturated carbocycles. The van der Waals surface area contributed by atoms with E-state index < -0.39 is 0 Å². The van der Waals surface area contributed by atoms with E-state index in [0.29, 0.717) is 12.5 Å². The van der Waals surface area contributed by atoms with Gasteiger partial charge in [-0.2, -0.15) is 5.10 Å². The molecule has 2 aromatic heterocycles. The second-order valence-electron chi connectivity index (χ2n) is 7.01. The van der Waals surface area contributed by atoms with Crippen molar-refractivity contribution in [3.05, 3.63) is 70.3 Å². The summed E-state index contributed by atoms with van der Waals surface area (Å²) in [4.78, 5) is 21.4. The highest BCUT2D eigenvalue weighted by Crippen LogP contribution is 2.17. The maximum atomic E-state index is 12.5. The van der Waals surface area contributed by atoms with Crippen LogP contribution in [0.25, 0.3) is 5.95 Å². The lowest BCUT2D eigenvalue weighted by Crippen LogP contribution is -2.33. The van der Waals surface area contributed by atoms with E-state index in [1.807, 2.05) is 64.1 Å². The fourth-order valence-corrected chi connectivity index (χ4v) is 3.19. The second kappa shape index (κ2) is 9.62. The Hall–Kier alpha value is -2.77. The van der Waals surface area contributed by atoms with Gasteiger partial charge in [0.2, 0.25) is 5.91 Å². The zero-order valence-corrected chi connectivity index (χ0v) is 18.0. The van der Waals surface area contributed by atoms with Gasteiger partial charge in [-0.1, -0.05) is 30.3 Å². The minimum atomic E-state index is -0.237. The Kier molecular flexibility index (Phi) is 7.47. The van der Waals surface area contributed by atoms with Crippen LogP contribution in [0.3, 0.4) is 0 Å². The van der Waals surface area contributed by atoms with E-state index in [1.54, 1.807) is 4.68 Å². The van der Waals surface area contributed by atoms with Crippen LogP contribution in [0.1, 0.15) is 39.9 Å². The summed E-state index contributed by atoms with van der Waals surface area (Å²) in [6, 6.07) is 11.4. The molecule has 0 aliphatic rings. The van der Waals surface area contributed by atoms with Crippen molar-refractivity contribution < 1.29 is 4.79 Å². The number of aryl methyl sites for hydroxylation is 3. The van der Waals surface area contributed by atoms with Crippen molar-refractivity contribution in [1.82, 2.24) is 25.1 Å². The van der Waals surface area contributed by atoms with Crippen molar-refractivity contribution >= 4 is 18.3 Å². The molecule has 1 aromatic carbocycles. The van der Waals surface area contributed by atoms with Gasteiger partial charge in [-0.15, -0.1) is 12.4 Å². The van der Waals surface area contributed by atoms with Crippen molar-refractivity contribution in [1.29, 1.82) is 0 Å². The minimum Gasteiger partial charge on any atom is -0.354 e. The Morgan fingerprint density at radius 2 is 1.72 bits per heavy atom. The van der Waals surface area contributed by atoms with Crippen LogP contribution in [-0.4, -0.2) is 32.2 Å². The van der Waals surface area contributed by atoms with Crippen molar-refractivity contribution in [3.63, 3.8) is 0 Å². The first-order valence-electron chi connectivity index (χ1n) is 9.30. The fourth-order valence-electron chi connectivity index (χ4n) is 3.19. The molecule has 1 amide bonds. The van der Waals surface area contributed by atoms with Crippen LogP contribution in [0.15, 0.2) is 36.4 Å². The summed E-state index contributed by atoms with van der Waals surface area (Å²) in [5, 5.41) is 7.46. The summed E-state index contributed by atoms with van der Waals surface area (Å²) >= 11 is 0. The number of rotatable bonds is 6. The number of nitrogens with two attached hydrogens (primary N) is 1. The summed E-state index contributed by atoms with van der Waals surface area (Å²) in [5.41, 5.74) is 11.5. The first kappa shape index (κ1) is 22.5. The van der Waals surface area contributed by atoms with Crippen LogP contribution >= 0.6 is 12.4 Å². The number of carbonyl (C=O) groups is 1. The predicted octanol–water partition coefficient (Wildman–Crippen LogP) is 2.68. The van der Waals surface area contributed by atoms with Crippen molar-refractivity contribution in [2.75, 3.05) is 6.54 Å². The lowest BCUT2D eigenvalue weighted by atomic mass is 10.1. The Bertz CT molecular complexity index is 966. The lowest BCUT2D eigenvalue weighted by molar-refractivity contribution is -0.120. The summed E-state index contributed by atoms with van der Waals surface area (Å²) in [7, 11) is 0. The van der Waals surface area contributed by atoms with E-state index in [0.717, 1.165) is 33.9 Å². The van der Waals surface area contributed by atoms with E-state index in [-0.39, 0.29) is 30.8 Å². The Labute approximate surface area is 177 Å². The van der Waals surface area contributed by atoms with E-state index in [9.17, 15) is 4.79 Å². The van der Waals surface area contributed by atoms with Gasteiger partial charge in [0.15, 0.2) is 0 Å². The van der Waals surface area contributed by atoms with Gasteiger partial charge >= 0.3 is 0 Å². The largest absolute Gasteiger partial charge is 0.354 e. The molecular weight excluding hydrogens is 388 g/mol. The van der Waals surface area contributed by atoms with Crippen molar-refractivity contribution in [2.45, 2.75) is 40.2 Å². The molecule has 154 valence electrons. The molecule has 8 heteroatoms. The van der Waals surface area contributed by atoms with Crippen LogP contribution in [-0.2, 0) is 11.2 Å². The molecular formula is C21H27ClN6O. The molecule has 0 fully saturated rings. The Morgan fingerprint density at radius 3 is 2.34 bits per heavy atom. The fraction of sp³-hybridized carbons (Fsp3) is 0.333. The molecule has 0 aliphatic carbocycles. The monoisotopic (exact) mass is 414 g/mol. The van der Waals surface area contributed by atoms with Gasteiger partial charge < -0.3 is 11.1 Å². The summed E-state index contributed by atoms with van der Waals surface area (Å²) in [6.45, 7) is 8.06. The molecule has 3 aromatic rings. The second-order valence-corrected chi connectivity index (χ2v) is 7.01. The SMILES string of the molecule is Cc1cc(C)nc(-n2nc(C)c(CC(=O)NCC(N)c3ccccc3)c2C)n1.Cl. The van der Waals surface area contributed by atoms with E-state index in [2.05, 4.69) is 20.4 Å². The third-order valence-electron chi connectivity index (χ3n) is 4.69. The van der Waals surface area contributed by atoms with E-state index in [1.165, 1.54) is 0 Å². The van der Waals surface area contributed by atoms with Crippen LogP contribution < -0.4 is 11.1 Å². The zero-order chi connectivity index (χ0) is 20.3. The number of nitrogens with zero attached hydrogens (tertiary/aromatic N) is 4. The average molecular weight is 415 g/mol. The highest BCUT2D eigenvalue weighted by atomic mass is 35.5. The number of aromatic nitrogens is 4. The summed E-state index contributed by atoms with van der Waals surface area (Å²) in [5.74, 6) is 0.439. The highest BCUT2D eigenvalue weighted by Gasteiger charge is 2.18. The highest BCUT2D eigenvalue weighted by molar-refractivity contribution is 5.85. The maximum absolute atomic E-state index is 12.5.